The van der Waals surface area contributed by atoms with Crippen molar-refractivity contribution in [2.24, 2.45) is 0 Å². The smallest absolute Gasteiger partial charge is 0.257 e. The highest BCUT2D eigenvalue weighted by Crippen LogP contribution is 2.21. The number of halogens is 1. The van der Waals surface area contributed by atoms with Crippen molar-refractivity contribution in [1.82, 2.24) is 0 Å². The predicted octanol–water partition coefficient (Wildman–Crippen LogP) is 2.55. The van der Waals surface area contributed by atoms with Crippen LogP contribution in [0.15, 0.2) is 36.4 Å². The van der Waals surface area contributed by atoms with E-state index in [1.807, 2.05) is 0 Å². The Labute approximate surface area is 110 Å². The van der Waals surface area contributed by atoms with Crippen LogP contribution in [0.2, 0.25) is 0 Å². The third-order valence-electron chi connectivity index (χ3n) is 2.84. The summed E-state index contributed by atoms with van der Waals surface area (Å²) in [5.41, 5.74) is 13.2. The normalized spacial score (nSPS) is 10.2. The van der Waals surface area contributed by atoms with Crippen LogP contribution in [0.25, 0.3) is 0 Å². The number of rotatable bonds is 2. The third kappa shape index (κ3) is 2.65. The fourth-order valence-electron chi connectivity index (χ4n) is 1.72. The molecule has 0 bridgehead atoms. The van der Waals surface area contributed by atoms with Crippen molar-refractivity contribution in [3.63, 3.8) is 0 Å². The van der Waals surface area contributed by atoms with Crippen LogP contribution in [-0.4, -0.2) is 5.91 Å². The van der Waals surface area contributed by atoms with Gasteiger partial charge in [0.1, 0.15) is 5.82 Å². The van der Waals surface area contributed by atoms with Gasteiger partial charge in [0, 0.05) is 22.6 Å². The van der Waals surface area contributed by atoms with E-state index in [-0.39, 0.29) is 11.5 Å². The minimum atomic E-state index is -0.397. The van der Waals surface area contributed by atoms with Gasteiger partial charge in [-0.2, -0.15) is 0 Å². The van der Waals surface area contributed by atoms with Gasteiger partial charge in [-0.05, 0) is 37.3 Å². The molecular formula is C14H14FN3O. The van der Waals surface area contributed by atoms with E-state index in [0.29, 0.717) is 22.5 Å². The van der Waals surface area contributed by atoms with E-state index in [4.69, 9.17) is 11.5 Å². The fourth-order valence-corrected chi connectivity index (χ4v) is 1.72. The number of hydrogen-bond acceptors (Lipinski definition) is 3. The standard InChI is InChI=1S/C14H14FN3O/c1-8-11(15)3-2-4-13(8)18-14(19)10-6-5-9(16)7-12(10)17/h2-7H,16-17H2,1H3,(H,18,19). The molecule has 1 amide bonds. The summed E-state index contributed by atoms with van der Waals surface area (Å²) >= 11 is 0. The molecule has 0 saturated carbocycles. The van der Waals surface area contributed by atoms with Gasteiger partial charge in [0.25, 0.3) is 5.91 Å². The first-order valence-electron chi connectivity index (χ1n) is 5.70. The number of carbonyl (C=O) groups excluding carboxylic acids is 1. The lowest BCUT2D eigenvalue weighted by Gasteiger charge is -2.10. The minimum absolute atomic E-state index is 0.284. The highest BCUT2D eigenvalue weighted by Gasteiger charge is 2.12. The van der Waals surface area contributed by atoms with Crippen LogP contribution in [0, 0.1) is 12.7 Å². The first-order valence-corrected chi connectivity index (χ1v) is 5.70. The van der Waals surface area contributed by atoms with E-state index in [0.717, 1.165) is 0 Å². The van der Waals surface area contributed by atoms with Crippen molar-refractivity contribution in [1.29, 1.82) is 0 Å². The van der Waals surface area contributed by atoms with Crippen molar-refractivity contribution in [2.45, 2.75) is 6.92 Å². The van der Waals surface area contributed by atoms with Crippen molar-refractivity contribution < 1.29 is 9.18 Å². The van der Waals surface area contributed by atoms with Gasteiger partial charge in [-0.25, -0.2) is 4.39 Å². The van der Waals surface area contributed by atoms with Gasteiger partial charge in [-0.3, -0.25) is 4.79 Å². The van der Waals surface area contributed by atoms with Gasteiger partial charge in [0.05, 0.1) is 5.56 Å². The summed E-state index contributed by atoms with van der Waals surface area (Å²) in [5, 5.41) is 2.63. The maximum Gasteiger partial charge on any atom is 0.257 e. The Morgan fingerprint density at radius 3 is 2.63 bits per heavy atom. The molecule has 4 nitrogen and oxygen atoms in total. The van der Waals surface area contributed by atoms with E-state index in [9.17, 15) is 9.18 Å². The molecule has 0 aromatic heterocycles. The zero-order valence-electron chi connectivity index (χ0n) is 10.4. The summed E-state index contributed by atoms with van der Waals surface area (Å²) in [5.74, 6) is -0.769. The van der Waals surface area contributed by atoms with Crippen LogP contribution in [0.1, 0.15) is 15.9 Å². The number of benzene rings is 2. The minimum Gasteiger partial charge on any atom is -0.399 e. The van der Waals surface area contributed by atoms with Crippen molar-refractivity contribution in [3.05, 3.63) is 53.3 Å². The molecule has 0 aliphatic heterocycles. The maximum absolute atomic E-state index is 13.4. The number of nitrogens with two attached hydrogens (primary N) is 2. The molecular weight excluding hydrogens is 245 g/mol. The molecule has 98 valence electrons. The molecule has 0 aliphatic carbocycles. The Kier molecular flexibility index (Phi) is 3.37. The number of hydrogen-bond donors (Lipinski definition) is 3. The van der Waals surface area contributed by atoms with Crippen LogP contribution in [-0.2, 0) is 0 Å². The molecule has 0 spiro atoms. The quantitative estimate of drug-likeness (QED) is 0.725. The van der Waals surface area contributed by atoms with Gasteiger partial charge in [-0.15, -0.1) is 0 Å². The van der Waals surface area contributed by atoms with Crippen molar-refractivity contribution in [2.75, 3.05) is 16.8 Å². The summed E-state index contributed by atoms with van der Waals surface area (Å²) in [6, 6.07) is 9.13. The Balaban J connectivity index is 2.28. The summed E-state index contributed by atoms with van der Waals surface area (Å²) in [7, 11) is 0. The second-order valence-electron chi connectivity index (χ2n) is 4.21. The van der Waals surface area contributed by atoms with E-state index < -0.39 is 5.91 Å². The molecule has 2 aromatic carbocycles. The lowest BCUT2D eigenvalue weighted by Crippen LogP contribution is -2.15. The molecule has 19 heavy (non-hydrogen) atoms. The Hall–Kier alpha value is -2.56. The first kappa shape index (κ1) is 12.9. The second-order valence-corrected chi connectivity index (χ2v) is 4.21. The average molecular weight is 259 g/mol. The number of nitrogens with one attached hydrogen (secondary N) is 1. The van der Waals surface area contributed by atoms with Gasteiger partial charge < -0.3 is 16.8 Å². The molecule has 2 aromatic rings. The molecule has 5 heteroatoms. The highest BCUT2D eigenvalue weighted by molar-refractivity contribution is 6.08. The molecule has 0 heterocycles. The van der Waals surface area contributed by atoms with Crippen LogP contribution in [0.4, 0.5) is 21.5 Å². The number of carbonyl (C=O) groups is 1. The molecule has 0 fully saturated rings. The molecule has 0 atom stereocenters. The Bertz CT molecular complexity index is 641. The zero-order valence-corrected chi connectivity index (χ0v) is 10.4. The molecule has 5 N–H and O–H groups in total. The SMILES string of the molecule is Cc1c(F)cccc1NC(=O)c1ccc(N)cc1N. The topological polar surface area (TPSA) is 81.1 Å². The van der Waals surface area contributed by atoms with Crippen LogP contribution in [0.5, 0.6) is 0 Å². The lowest BCUT2D eigenvalue weighted by molar-refractivity contribution is 0.102. The molecule has 0 unspecified atom stereocenters. The largest absolute Gasteiger partial charge is 0.399 e. The second kappa shape index (κ2) is 4.97. The van der Waals surface area contributed by atoms with E-state index in [1.165, 1.54) is 24.3 Å². The predicted molar refractivity (Wildman–Crippen MR) is 74.4 cm³/mol. The van der Waals surface area contributed by atoms with Gasteiger partial charge in [0.2, 0.25) is 0 Å². The maximum atomic E-state index is 13.4. The van der Waals surface area contributed by atoms with Gasteiger partial charge >= 0.3 is 0 Å². The third-order valence-corrected chi connectivity index (χ3v) is 2.84. The summed E-state index contributed by atoms with van der Waals surface area (Å²) < 4.78 is 13.4. The van der Waals surface area contributed by atoms with Gasteiger partial charge in [0.15, 0.2) is 0 Å². The molecule has 0 saturated heterocycles. The van der Waals surface area contributed by atoms with Crippen molar-refractivity contribution in [3.8, 4) is 0 Å². The van der Waals surface area contributed by atoms with E-state index >= 15 is 0 Å². The van der Waals surface area contributed by atoms with Crippen molar-refractivity contribution >= 4 is 23.0 Å². The summed E-state index contributed by atoms with van der Waals surface area (Å²) in [6.07, 6.45) is 0. The first-order chi connectivity index (χ1) is 8.99. The molecule has 0 radical (unpaired) electrons. The lowest BCUT2D eigenvalue weighted by atomic mass is 10.1. The number of anilines is 3. The zero-order chi connectivity index (χ0) is 14.0. The molecule has 0 aliphatic rings. The number of amides is 1. The van der Waals surface area contributed by atoms with Crippen LogP contribution >= 0.6 is 0 Å². The van der Waals surface area contributed by atoms with Crippen LogP contribution < -0.4 is 16.8 Å². The average Bonchev–Trinajstić information content (AvgIpc) is 2.34. The van der Waals surface area contributed by atoms with E-state index in [1.54, 1.807) is 19.1 Å². The monoisotopic (exact) mass is 259 g/mol. The Morgan fingerprint density at radius 2 is 1.95 bits per heavy atom. The molecule has 2 rings (SSSR count). The van der Waals surface area contributed by atoms with Crippen LogP contribution in [0.3, 0.4) is 0 Å². The Morgan fingerprint density at radius 1 is 1.21 bits per heavy atom. The summed E-state index contributed by atoms with van der Waals surface area (Å²) in [6.45, 7) is 1.59. The number of nitrogen functional groups attached to an aromatic ring is 2. The fraction of sp³-hybridized carbons (Fsp3) is 0.0714. The summed E-state index contributed by atoms with van der Waals surface area (Å²) in [4.78, 5) is 12.1. The van der Waals surface area contributed by atoms with E-state index in [2.05, 4.69) is 5.32 Å². The highest BCUT2D eigenvalue weighted by atomic mass is 19.1. The van der Waals surface area contributed by atoms with Gasteiger partial charge in [-0.1, -0.05) is 6.07 Å².